The lowest BCUT2D eigenvalue weighted by Crippen LogP contribution is -2.28. The highest BCUT2D eigenvalue weighted by atomic mass is 16.5. The molecule has 2 rings (SSSR count). The third-order valence-corrected chi connectivity index (χ3v) is 5.21. The summed E-state index contributed by atoms with van der Waals surface area (Å²) in [6.45, 7) is 16.7. The van der Waals surface area contributed by atoms with E-state index in [9.17, 15) is 4.79 Å². The Morgan fingerprint density at radius 3 is 2.30 bits per heavy atom. The Kier molecular flexibility index (Phi) is 21.3. The van der Waals surface area contributed by atoms with Crippen LogP contribution < -0.4 is 5.48 Å². The second-order valence-corrected chi connectivity index (χ2v) is 7.29. The van der Waals surface area contributed by atoms with Gasteiger partial charge in [-0.2, -0.15) is 0 Å². The molecule has 0 bridgehead atoms. The van der Waals surface area contributed by atoms with Crippen molar-refractivity contribution in [2.75, 3.05) is 13.6 Å². The van der Waals surface area contributed by atoms with Gasteiger partial charge in [-0.1, -0.05) is 93.4 Å². The van der Waals surface area contributed by atoms with Crippen LogP contribution in [-0.2, 0) is 13.0 Å². The number of likely N-dealkylation sites (N-methyl/N-ethyl adjacent to an activating group) is 1. The highest BCUT2D eigenvalue weighted by molar-refractivity contribution is 5.93. The van der Waals surface area contributed by atoms with Gasteiger partial charge < -0.3 is 4.90 Å². The maximum Gasteiger partial charge on any atom is 0.276 e. The predicted octanol–water partition coefficient (Wildman–Crippen LogP) is 6.63. The van der Waals surface area contributed by atoms with E-state index < -0.39 is 5.91 Å². The number of amides is 1. The fourth-order valence-corrected chi connectivity index (χ4v) is 3.31. The topological polar surface area (TPSA) is 65.5 Å². The molecular formula is C25H49N3O2. The van der Waals surface area contributed by atoms with Crippen LogP contribution in [0, 0.1) is 5.92 Å². The molecule has 0 radical (unpaired) electrons. The summed E-state index contributed by atoms with van der Waals surface area (Å²) in [6.07, 6.45) is 12.3. The maximum atomic E-state index is 11.2. The Labute approximate surface area is 186 Å². The quantitative estimate of drug-likeness (QED) is 0.280. The minimum absolute atomic E-state index is 0.395. The van der Waals surface area contributed by atoms with Crippen LogP contribution in [0.1, 0.15) is 115 Å². The number of nitrogens with zero attached hydrogens (tertiary/aromatic N) is 2. The minimum atomic E-state index is -0.515. The molecule has 0 spiro atoms. The fourth-order valence-electron chi connectivity index (χ4n) is 3.31. The van der Waals surface area contributed by atoms with Gasteiger partial charge in [0.15, 0.2) is 0 Å². The molecule has 0 aromatic carbocycles. The van der Waals surface area contributed by atoms with Crippen molar-refractivity contribution in [3.63, 3.8) is 0 Å². The van der Waals surface area contributed by atoms with E-state index in [1.807, 2.05) is 34.7 Å². The standard InChI is InChI=1S/C11H24.C10H13N3O2.2C2H6/c1-4-7-8-9-10-11(5-2)6-3;1-13-3-2-9-8(6-13)4-7(5-11-9)10(14)12-15;2*1-2/h11H,4-10H2,1-3H3;4-5,15H,2-3,6H2,1H3,(H,12,14);2*1-2H3. The van der Waals surface area contributed by atoms with Crippen LogP contribution in [-0.4, -0.2) is 34.6 Å². The minimum Gasteiger partial charge on any atom is -0.302 e. The number of aromatic nitrogens is 1. The number of hydrogen-bond donors (Lipinski definition) is 2. The van der Waals surface area contributed by atoms with Gasteiger partial charge in [-0.25, -0.2) is 5.48 Å². The van der Waals surface area contributed by atoms with Crippen LogP contribution in [0.3, 0.4) is 0 Å². The van der Waals surface area contributed by atoms with Crippen molar-refractivity contribution in [1.29, 1.82) is 0 Å². The van der Waals surface area contributed by atoms with Crippen LogP contribution in [0.5, 0.6) is 0 Å². The Bertz CT molecular complexity index is 531. The number of carbonyl (C=O) groups is 1. The molecule has 1 aliphatic heterocycles. The summed E-state index contributed by atoms with van der Waals surface area (Å²) < 4.78 is 0. The molecule has 5 nitrogen and oxygen atoms in total. The molecule has 2 N–H and O–H groups in total. The van der Waals surface area contributed by atoms with E-state index >= 15 is 0 Å². The van der Waals surface area contributed by atoms with E-state index in [-0.39, 0.29) is 0 Å². The lowest BCUT2D eigenvalue weighted by molar-refractivity contribution is 0.0705. The molecule has 0 unspecified atom stereocenters. The van der Waals surface area contributed by atoms with Crippen LogP contribution in [0.4, 0.5) is 0 Å². The smallest absolute Gasteiger partial charge is 0.276 e. The fraction of sp³-hybridized carbons (Fsp3) is 0.760. The highest BCUT2D eigenvalue weighted by Crippen LogP contribution is 2.17. The molecule has 2 heterocycles. The summed E-state index contributed by atoms with van der Waals surface area (Å²) >= 11 is 0. The number of rotatable bonds is 8. The summed E-state index contributed by atoms with van der Waals surface area (Å²) in [7, 11) is 2.03. The molecule has 0 atom stereocenters. The van der Waals surface area contributed by atoms with Gasteiger partial charge in [0.1, 0.15) is 0 Å². The van der Waals surface area contributed by atoms with E-state index in [0.717, 1.165) is 36.7 Å². The van der Waals surface area contributed by atoms with Crippen LogP contribution >= 0.6 is 0 Å². The Morgan fingerprint density at radius 2 is 1.77 bits per heavy atom. The summed E-state index contributed by atoms with van der Waals surface area (Å²) in [6, 6.07) is 1.78. The first-order valence-electron chi connectivity index (χ1n) is 12.2. The molecule has 1 amide bonds. The third kappa shape index (κ3) is 13.0. The van der Waals surface area contributed by atoms with E-state index in [2.05, 4.69) is 30.7 Å². The monoisotopic (exact) mass is 423 g/mol. The lowest BCUT2D eigenvalue weighted by Gasteiger charge is -2.24. The number of pyridine rings is 1. The van der Waals surface area contributed by atoms with Crippen molar-refractivity contribution in [2.45, 2.75) is 106 Å². The number of hydrogen-bond acceptors (Lipinski definition) is 4. The van der Waals surface area contributed by atoms with Crippen molar-refractivity contribution >= 4 is 5.91 Å². The highest BCUT2D eigenvalue weighted by Gasteiger charge is 2.16. The average Bonchev–Trinajstić information content (AvgIpc) is 2.81. The zero-order valence-corrected chi connectivity index (χ0v) is 21.1. The Hall–Kier alpha value is -1.46. The summed E-state index contributed by atoms with van der Waals surface area (Å²) in [5.74, 6) is 0.491. The van der Waals surface area contributed by atoms with Gasteiger partial charge in [0.05, 0.1) is 5.56 Å². The van der Waals surface area contributed by atoms with Gasteiger partial charge in [0.25, 0.3) is 5.91 Å². The summed E-state index contributed by atoms with van der Waals surface area (Å²) in [4.78, 5) is 17.6. The van der Waals surface area contributed by atoms with Crippen LogP contribution in [0.2, 0.25) is 0 Å². The van der Waals surface area contributed by atoms with E-state index in [1.165, 1.54) is 51.1 Å². The van der Waals surface area contributed by atoms with Crippen LogP contribution in [0.15, 0.2) is 12.3 Å². The average molecular weight is 424 g/mol. The molecule has 0 aliphatic carbocycles. The number of fused-ring (bicyclic) bond motifs is 1. The van der Waals surface area contributed by atoms with Gasteiger partial charge in [-0.3, -0.25) is 15.0 Å². The van der Waals surface area contributed by atoms with Gasteiger partial charge >= 0.3 is 0 Å². The number of nitrogens with one attached hydrogen (secondary N) is 1. The lowest BCUT2D eigenvalue weighted by atomic mass is 9.96. The molecule has 0 saturated heterocycles. The van der Waals surface area contributed by atoms with Crippen molar-refractivity contribution in [3.05, 3.63) is 29.1 Å². The van der Waals surface area contributed by atoms with E-state index in [1.54, 1.807) is 11.5 Å². The SMILES string of the molecule is CC.CC.CCCCCCC(CC)CC.CN1CCc2ncc(C(=O)NO)cc2C1. The molecule has 0 fully saturated rings. The number of carbonyl (C=O) groups excluding carboxylic acids is 1. The second kappa shape index (κ2) is 20.8. The largest absolute Gasteiger partial charge is 0.302 e. The third-order valence-electron chi connectivity index (χ3n) is 5.21. The van der Waals surface area contributed by atoms with Crippen molar-refractivity contribution < 1.29 is 10.0 Å². The molecule has 30 heavy (non-hydrogen) atoms. The molecule has 176 valence electrons. The zero-order chi connectivity index (χ0) is 23.4. The first-order valence-corrected chi connectivity index (χ1v) is 12.2. The summed E-state index contributed by atoms with van der Waals surface area (Å²) in [5, 5.41) is 8.51. The number of hydroxylamine groups is 1. The van der Waals surface area contributed by atoms with Crippen LogP contribution in [0.25, 0.3) is 0 Å². The van der Waals surface area contributed by atoms with Crippen molar-refractivity contribution in [2.24, 2.45) is 5.92 Å². The maximum absolute atomic E-state index is 11.2. The molecule has 0 saturated carbocycles. The Morgan fingerprint density at radius 1 is 1.13 bits per heavy atom. The van der Waals surface area contributed by atoms with E-state index in [0.29, 0.717) is 5.56 Å². The van der Waals surface area contributed by atoms with Gasteiger partial charge in [0, 0.05) is 31.4 Å². The zero-order valence-electron chi connectivity index (χ0n) is 21.1. The second-order valence-electron chi connectivity index (χ2n) is 7.29. The molecule has 1 aromatic heterocycles. The van der Waals surface area contributed by atoms with Gasteiger partial charge in [0.2, 0.25) is 0 Å². The predicted molar refractivity (Wildman–Crippen MR) is 129 cm³/mol. The molecule has 5 heteroatoms. The molecule has 1 aliphatic rings. The number of unbranched alkanes of at least 4 members (excludes halogenated alkanes) is 3. The van der Waals surface area contributed by atoms with Gasteiger partial charge in [-0.05, 0) is 24.6 Å². The molecular weight excluding hydrogens is 374 g/mol. The van der Waals surface area contributed by atoms with Crippen molar-refractivity contribution in [3.8, 4) is 0 Å². The van der Waals surface area contributed by atoms with Crippen molar-refractivity contribution in [1.82, 2.24) is 15.4 Å². The molecule has 1 aromatic rings. The summed E-state index contributed by atoms with van der Waals surface area (Å²) in [5.41, 5.74) is 4.11. The van der Waals surface area contributed by atoms with Gasteiger partial charge in [-0.15, -0.1) is 0 Å². The first-order chi connectivity index (χ1) is 14.5. The van der Waals surface area contributed by atoms with E-state index in [4.69, 9.17) is 5.21 Å². The Balaban J connectivity index is 0. The first kappa shape index (κ1) is 30.7. The normalized spacial score (nSPS) is 12.3.